The summed E-state index contributed by atoms with van der Waals surface area (Å²) >= 11 is 0. The number of ether oxygens (including phenoxy) is 1. The number of nitrogens with two attached hydrogens (primary N) is 1. The molecule has 1 heterocycles. The van der Waals surface area contributed by atoms with E-state index in [1.807, 2.05) is 0 Å². The van der Waals surface area contributed by atoms with Crippen LogP contribution in [-0.2, 0) is 13.0 Å². The van der Waals surface area contributed by atoms with E-state index in [-0.39, 0.29) is 5.82 Å². The summed E-state index contributed by atoms with van der Waals surface area (Å²) in [5, 5.41) is 4.14. The molecule has 108 valence electrons. The largest absolute Gasteiger partial charge is 0.496 e. The highest BCUT2D eigenvalue weighted by Crippen LogP contribution is 2.28. The van der Waals surface area contributed by atoms with Crippen LogP contribution in [0.2, 0.25) is 0 Å². The first-order valence-electron chi connectivity index (χ1n) is 6.62. The fourth-order valence-electron chi connectivity index (χ4n) is 2.20. The minimum Gasteiger partial charge on any atom is -0.496 e. The van der Waals surface area contributed by atoms with Crippen molar-refractivity contribution in [2.24, 2.45) is 5.73 Å². The first-order chi connectivity index (χ1) is 9.67. The van der Waals surface area contributed by atoms with Gasteiger partial charge < -0.3 is 10.5 Å². The molecule has 0 amide bonds. The predicted octanol–water partition coefficient (Wildman–Crippen LogP) is 2.08. The zero-order valence-corrected chi connectivity index (χ0v) is 11.7. The number of benzene rings is 1. The summed E-state index contributed by atoms with van der Waals surface area (Å²) in [5.74, 6) is 0.849. The van der Waals surface area contributed by atoms with E-state index in [0.717, 1.165) is 18.8 Å². The fourth-order valence-corrected chi connectivity index (χ4v) is 2.20. The number of aryl methyl sites for hydroxylation is 1. The van der Waals surface area contributed by atoms with Crippen molar-refractivity contribution in [3.05, 3.63) is 41.7 Å². The van der Waals surface area contributed by atoms with E-state index in [4.69, 9.17) is 10.5 Å². The van der Waals surface area contributed by atoms with E-state index in [2.05, 4.69) is 17.0 Å². The second kappa shape index (κ2) is 6.47. The summed E-state index contributed by atoms with van der Waals surface area (Å²) in [6.07, 6.45) is 2.86. The first-order valence-corrected chi connectivity index (χ1v) is 6.62. The second-order valence-electron chi connectivity index (χ2n) is 4.57. The molecule has 0 aliphatic rings. The lowest BCUT2D eigenvalue weighted by molar-refractivity contribution is 0.397. The Labute approximate surface area is 117 Å². The number of nitrogens with zero attached hydrogens (tertiary/aromatic N) is 3. The Morgan fingerprint density at radius 2 is 2.25 bits per heavy atom. The van der Waals surface area contributed by atoms with Crippen LogP contribution >= 0.6 is 0 Å². The van der Waals surface area contributed by atoms with Gasteiger partial charge in [-0.25, -0.2) is 9.37 Å². The molecule has 2 rings (SSSR count). The van der Waals surface area contributed by atoms with Crippen LogP contribution in [0, 0.1) is 5.82 Å². The molecule has 20 heavy (non-hydrogen) atoms. The smallest absolute Gasteiger partial charge is 0.138 e. The molecule has 2 N–H and O–H groups in total. The number of aromatic nitrogens is 3. The van der Waals surface area contributed by atoms with Crippen molar-refractivity contribution in [2.45, 2.75) is 32.4 Å². The fraction of sp³-hybridized carbons (Fsp3) is 0.429. The van der Waals surface area contributed by atoms with Gasteiger partial charge in [-0.1, -0.05) is 13.0 Å². The Bertz CT molecular complexity index is 570. The van der Waals surface area contributed by atoms with Crippen LogP contribution in [0.3, 0.4) is 0 Å². The molecule has 2 aromatic rings. The summed E-state index contributed by atoms with van der Waals surface area (Å²) in [6.45, 7) is 2.84. The summed E-state index contributed by atoms with van der Waals surface area (Å²) in [5.41, 5.74) is 6.50. The van der Waals surface area contributed by atoms with Crippen LogP contribution < -0.4 is 10.5 Å². The van der Waals surface area contributed by atoms with Gasteiger partial charge in [-0.2, -0.15) is 5.10 Å². The molecule has 0 bridgehead atoms. The molecule has 6 heteroatoms. The molecule has 0 saturated heterocycles. The maximum absolute atomic E-state index is 14.0. The average molecular weight is 278 g/mol. The Morgan fingerprint density at radius 1 is 1.45 bits per heavy atom. The predicted molar refractivity (Wildman–Crippen MR) is 73.9 cm³/mol. The highest BCUT2D eigenvalue weighted by Gasteiger charge is 2.19. The van der Waals surface area contributed by atoms with E-state index < -0.39 is 6.04 Å². The molecular formula is C14H19FN4O. The van der Waals surface area contributed by atoms with Gasteiger partial charge in [0, 0.05) is 24.6 Å². The molecule has 0 saturated carbocycles. The molecule has 1 atom stereocenters. The number of hydrogen-bond donors (Lipinski definition) is 1. The average Bonchev–Trinajstić information content (AvgIpc) is 2.86. The van der Waals surface area contributed by atoms with Gasteiger partial charge in [0.25, 0.3) is 0 Å². The lowest BCUT2D eigenvalue weighted by Crippen LogP contribution is -2.19. The van der Waals surface area contributed by atoms with Gasteiger partial charge in [-0.05, 0) is 18.6 Å². The SMILES string of the molecule is CCCn1ncnc1CC(N)c1c(F)cccc1OC. The topological polar surface area (TPSA) is 66.0 Å². The van der Waals surface area contributed by atoms with Crippen LogP contribution in [0.4, 0.5) is 4.39 Å². The van der Waals surface area contributed by atoms with E-state index in [9.17, 15) is 4.39 Å². The van der Waals surface area contributed by atoms with Crippen LogP contribution in [-0.4, -0.2) is 21.9 Å². The lowest BCUT2D eigenvalue weighted by atomic mass is 10.0. The van der Waals surface area contributed by atoms with Crippen molar-refractivity contribution >= 4 is 0 Å². The summed E-state index contributed by atoms with van der Waals surface area (Å²) in [4.78, 5) is 4.19. The van der Waals surface area contributed by atoms with Crippen LogP contribution in [0.15, 0.2) is 24.5 Å². The van der Waals surface area contributed by atoms with Crippen molar-refractivity contribution in [3.63, 3.8) is 0 Å². The van der Waals surface area contributed by atoms with Crippen molar-refractivity contribution in [1.29, 1.82) is 0 Å². The van der Waals surface area contributed by atoms with Gasteiger partial charge in [-0.3, -0.25) is 4.68 Å². The molecule has 0 fully saturated rings. The minimum atomic E-state index is -0.522. The second-order valence-corrected chi connectivity index (χ2v) is 4.57. The van der Waals surface area contributed by atoms with Crippen LogP contribution in [0.5, 0.6) is 5.75 Å². The van der Waals surface area contributed by atoms with Crippen molar-refractivity contribution in [1.82, 2.24) is 14.8 Å². The maximum Gasteiger partial charge on any atom is 0.138 e. The van der Waals surface area contributed by atoms with Crippen molar-refractivity contribution in [2.75, 3.05) is 7.11 Å². The quantitative estimate of drug-likeness (QED) is 0.878. The normalized spacial score (nSPS) is 12.4. The third-order valence-corrected chi connectivity index (χ3v) is 3.14. The molecular weight excluding hydrogens is 259 g/mol. The van der Waals surface area contributed by atoms with Gasteiger partial charge in [0.1, 0.15) is 23.7 Å². The Hall–Kier alpha value is -1.95. The van der Waals surface area contributed by atoms with Gasteiger partial charge in [-0.15, -0.1) is 0 Å². The Balaban J connectivity index is 2.24. The molecule has 1 unspecified atom stereocenters. The van der Waals surface area contributed by atoms with Crippen molar-refractivity contribution in [3.8, 4) is 5.75 Å². The van der Waals surface area contributed by atoms with Gasteiger partial charge in [0.05, 0.1) is 7.11 Å². The van der Waals surface area contributed by atoms with Gasteiger partial charge in [0.15, 0.2) is 0 Å². The summed E-state index contributed by atoms with van der Waals surface area (Å²) in [6, 6.07) is 4.17. The standard InChI is InChI=1S/C14H19FN4O/c1-3-7-19-13(17-9-18-19)8-11(16)14-10(15)5-4-6-12(14)20-2/h4-6,9,11H,3,7-8,16H2,1-2H3. The molecule has 0 aliphatic carbocycles. The highest BCUT2D eigenvalue weighted by atomic mass is 19.1. The third kappa shape index (κ3) is 2.96. The summed E-state index contributed by atoms with van der Waals surface area (Å²) < 4.78 is 20.9. The van der Waals surface area contributed by atoms with E-state index in [1.165, 1.54) is 19.5 Å². The zero-order chi connectivity index (χ0) is 14.5. The van der Waals surface area contributed by atoms with E-state index in [1.54, 1.807) is 16.8 Å². The highest BCUT2D eigenvalue weighted by molar-refractivity contribution is 5.37. The number of halogens is 1. The monoisotopic (exact) mass is 278 g/mol. The third-order valence-electron chi connectivity index (χ3n) is 3.14. The van der Waals surface area contributed by atoms with Crippen LogP contribution in [0.25, 0.3) is 0 Å². The summed E-state index contributed by atoms with van der Waals surface area (Å²) in [7, 11) is 1.50. The van der Waals surface area contributed by atoms with Crippen LogP contribution in [0.1, 0.15) is 30.8 Å². The lowest BCUT2D eigenvalue weighted by Gasteiger charge is -2.16. The molecule has 1 aromatic heterocycles. The Kier molecular flexibility index (Phi) is 4.68. The zero-order valence-electron chi connectivity index (χ0n) is 11.7. The van der Waals surface area contributed by atoms with E-state index in [0.29, 0.717) is 17.7 Å². The minimum absolute atomic E-state index is 0.363. The van der Waals surface area contributed by atoms with Gasteiger partial charge in [0.2, 0.25) is 0 Å². The molecule has 5 nitrogen and oxygen atoms in total. The molecule has 0 radical (unpaired) electrons. The Morgan fingerprint density at radius 3 is 2.95 bits per heavy atom. The molecule has 0 aliphatic heterocycles. The number of rotatable bonds is 6. The molecule has 0 spiro atoms. The van der Waals surface area contributed by atoms with E-state index >= 15 is 0 Å². The maximum atomic E-state index is 14.0. The number of methoxy groups -OCH3 is 1. The molecule has 1 aromatic carbocycles. The number of hydrogen-bond acceptors (Lipinski definition) is 4. The first kappa shape index (κ1) is 14.5. The van der Waals surface area contributed by atoms with Crippen molar-refractivity contribution < 1.29 is 9.13 Å². The van der Waals surface area contributed by atoms with Gasteiger partial charge >= 0.3 is 0 Å².